The van der Waals surface area contributed by atoms with Gasteiger partial charge in [-0.15, -0.1) is 0 Å². The highest BCUT2D eigenvalue weighted by atomic mass is 19.1. The number of hydrogen-bond donors (Lipinski definition) is 3. The third-order valence-electron chi connectivity index (χ3n) is 3.92. The maximum atomic E-state index is 13.5. The van der Waals surface area contributed by atoms with Gasteiger partial charge in [0, 0.05) is 13.7 Å². The number of pyridine rings is 1. The molecule has 8 heteroatoms. The van der Waals surface area contributed by atoms with E-state index < -0.39 is 23.7 Å². The quantitative estimate of drug-likeness (QED) is 0.596. The lowest BCUT2D eigenvalue weighted by Crippen LogP contribution is -2.30. The lowest BCUT2D eigenvalue weighted by Gasteiger charge is -2.14. The van der Waals surface area contributed by atoms with Gasteiger partial charge in [-0.05, 0) is 24.6 Å². The van der Waals surface area contributed by atoms with E-state index in [1.807, 2.05) is 13.0 Å². The van der Waals surface area contributed by atoms with Crippen LogP contribution in [-0.2, 0) is 16.1 Å². The monoisotopic (exact) mass is 404 g/mol. The SMILES string of the molecule is CCCC(OC)C(=O)Nc1cc(C(N)=O)ncc1F.CCNCc1ccccc1. The summed E-state index contributed by atoms with van der Waals surface area (Å²) in [4.78, 5) is 26.3. The molecule has 2 rings (SSSR count). The first-order valence-electron chi connectivity index (χ1n) is 9.46. The smallest absolute Gasteiger partial charge is 0.267 e. The van der Waals surface area contributed by atoms with E-state index in [2.05, 4.69) is 46.8 Å². The summed E-state index contributed by atoms with van der Waals surface area (Å²) in [6, 6.07) is 11.5. The Kier molecular flexibility index (Phi) is 11.1. The summed E-state index contributed by atoms with van der Waals surface area (Å²) in [7, 11) is 1.40. The van der Waals surface area contributed by atoms with Crippen LogP contribution in [0.15, 0.2) is 42.6 Å². The molecule has 0 radical (unpaired) electrons. The maximum absolute atomic E-state index is 13.5. The molecule has 0 aliphatic rings. The van der Waals surface area contributed by atoms with Gasteiger partial charge in [-0.3, -0.25) is 9.59 Å². The van der Waals surface area contributed by atoms with Gasteiger partial charge in [0.1, 0.15) is 11.8 Å². The molecular formula is C21H29FN4O3. The molecule has 29 heavy (non-hydrogen) atoms. The van der Waals surface area contributed by atoms with Crippen LogP contribution in [0.5, 0.6) is 0 Å². The first kappa shape index (κ1) is 24.2. The molecule has 7 nitrogen and oxygen atoms in total. The summed E-state index contributed by atoms with van der Waals surface area (Å²) >= 11 is 0. The number of rotatable bonds is 9. The Hall–Kier alpha value is -2.84. The first-order valence-corrected chi connectivity index (χ1v) is 9.46. The fourth-order valence-electron chi connectivity index (χ4n) is 2.37. The number of aromatic nitrogens is 1. The zero-order chi connectivity index (χ0) is 21.6. The van der Waals surface area contributed by atoms with Crippen LogP contribution in [0.2, 0.25) is 0 Å². The fraction of sp³-hybridized carbons (Fsp3) is 0.381. The van der Waals surface area contributed by atoms with E-state index in [1.165, 1.54) is 12.7 Å². The number of hydrogen-bond acceptors (Lipinski definition) is 5. The number of primary amides is 1. The zero-order valence-electron chi connectivity index (χ0n) is 17.1. The van der Waals surface area contributed by atoms with Gasteiger partial charge in [-0.25, -0.2) is 9.37 Å². The third kappa shape index (κ3) is 8.80. The highest BCUT2D eigenvalue weighted by Gasteiger charge is 2.19. The van der Waals surface area contributed by atoms with E-state index in [1.54, 1.807) is 0 Å². The minimum absolute atomic E-state index is 0.124. The number of ether oxygens (including phenoxy) is 1. The number of methoxy groups -OCH3 is 1. The number of nitrogens with one attached hydrogen (secondary N) is 2. The number of halogens is 1. The van der Waals surface area contributed by atoms with Crippen molar-refractivity contribution in [1.29, 1.82) is 0 Å². The highest BCUT2D eigenvalue weighted by Crippen LogP contribution is 2.15. The number of amides is 2. The van der Waals surface area contributed by atoms with Crippen LogP contribution in [0.4, 0.5) is 10.1 Å². The molecule has 2 amide bonds. The second kappa shape index (κ2) is 13.4. The molecule has 1 atom stereocenters. The third-order valence-corrected chi connectivity index (χ3v) is 3.92. The van der Waals surface area contributed by atoms with Crippen molar-refractivity contribution in [3.05, 3.63) is 59.7 Å². The van der Waals surface area contributed by atoms with E-state index in [-0.39, 0.29) is 11.4 Å². The van der Waals surface area contributed by atoms with Crippen LogP contribution in [0.1, 0.15) is 42.7 Å². The van der Waals surface area contributed by atoms with Crippen LogP contribution in [0, 0.1) is 5.82 Å². The molecule has 1 aromatic heterocycles. The normalized spacial score (nSPS) is 11.2. The average Bonchev–Trinajstić information content (AvgIpc) is 2.73. The van der Waals surface area contributed by atoms with Crippen molar-refractivity contribution in [2.75, 3.05) is 19.0 Å². The van der Waals surface area contributed by atoms with Crippen molar-refractivity contribution < 1.29 is 18.7 Å². The molecule has 0 bridgehead atoms. The molecule has 2 aromatic rings. The number of anilines is 1. The maximum Gasteiger partial charge on any atom is 0.267 e. The Balaban J connectivity index is 0.000000352. The van der Waals surface area contributed by atoms with E-state index in [0.717, 1.165) is 31.8 Å². The predicted molar refractivity (Wildman–Crippen MR) is 111 cm³/mol. The number of nitrogens with zero attached hydrogens (tertiary/aromatic N) is 1. The summed E-state index contributed by atoms with van der Waals surface area (Å²) in [5, 5.41) is 5.62. The van der Waals surface area contributed by atoms with Crippen molar-refractivity contribution >= 4 is 17.5 Å². The van der Waals surface area contributed by atoms with E-state index in [4.69, 9.17) is 10.5 Å². The van der Waals surface area contributed by atoms with Gasteiger partial charge >= 0.3 is 0 Å². The van der Waals surface area contributed by atoms with Crippen molar-refractivity contribution in [2.24, 2.45) is 5.73 Å². The topological polar surface area (TPSA) is 106 Å². The van der Waals surface area contributed by atoms with E-state index >= 15 is 0 Å². The van der Waals surface area contributed by atoms with Crippen LogP contribution in [0.25, 0.3) is 0 Å². The summed E-state index contributed by atoms with van der Waals surface area (Å²) < 4.78 is 18.5. The van der Waals surface area contributed by atoms with Gasteiger partial charge < -0.3 is 21.1 Å². The first-order chi connectivity index (χ1) is 13.9. The van der Waals surface area contributed by atoms with Gasteiger partial charge in [0.25, 0.3) is 11.8 Å². The van der Waals surface area contributed by atoms with Crippen molar-refractivity contribution in [3.8, 4) is 0 Å². The van der Waals surface area contributed by atoms with Gasteiger partial charge in [-0.1, -0.05) is 50.6 Å². The van der Waals surface area contributed by atoms with Gasteiger partial charge in [-0.2, -0.15) is 0 Å². The molecule has 0 spiro atoms. The Morgan fingerprint density at radius 2 is 1.93 bits per heavy atom. The number of benzene rings is 1. The molecule has 1 unspecified atom stereocenters. The molecule has 0 saturated carbocycles. The summed E-state index contributed by atoms with van der Waals surface area (Å²) in [5.74, 6) is -2.03. The lowest BCUT2D eigenvalue weighted by atomic mass is 10.2. The molecule has 0 aliphatic heterocycles. The number of nitrogens with two attached hydrogens (primary N) is 1. The average molecular weight is 404 g/mol. The standard InChI is InChI=1S/C12H16FN3O3.C9H13N/c1-3-4-10(19-2)12(18)16-8-5-9(11(14)17)15-6-7(8)13;1-2-10-8-9-6-4-3-5-7-9/h5-6,10H,3-4H2,1-2H3,(H2,14,17)(H,15,16,18);3-7,10H,2,8H2,1H3. The molecule has 0 fully saturated rings. The van der Waals surface area contributed by atoms with Crippen molar-refractivity contribution in [1.82, 2.24) is 10.3 Å². The Labute approximate surface area is 170 Å². The Morgan fingerprint density at radius 1 is 1.24 bits per heavy atom. The zero-order valence-corrected chi connectivity index (χ0v) is 17.1. The fourth-order valence-corrected chi connectivity index (χ4v) is 2.37. The minimum Gasteiger partial charge on any atom is -0.372 e. The molecular weight excluding hydrogens is 375 g/mol. The lowest BCUT2D eigenvalue weighted by molar-refractivity contribution is -0.126. The second-order valence-corrected chi connectivity index (χ2v) is 6.18. The molecule has 1 heterocycles. The minimum atomic E-state index is -0.799. The number of carbonyl (C=O) groups excluding carboxylic acids is 2. The van der Waals surface area contributed by atoms with Crippen LogP contribution < -0.4 is 16.4 Å². The van der Waals surface area contributed by atoms with E-state index in [0.29, 0.717) is 6.42 Å². The summed E-state index contributed by atoms with van der Waals surface area (Å²) in [6.07, 6.45) is 1.42. The van der Waals surface area contributed by atoms with Gasteiger partial charge in [0.05, 0.1) is 11.9 Å². The van der Waals surface area contributed by atoms with Gasteiger partial charge in [0.15, 0.2) is 5.82 Å². The Morgan fingerprint density at radius 3 is 2.48 bits per heavy atom. The summed E-state index contributed by atoms with van der Waals surface area (Å²) in [6.45, 7) is 6.03. The van der Waals surface area contributed by atoms with Gasteiger partial charge in [0.2, 0.25) is 0 Å². The largest absolute Gasteiger partial charge is 0.372 e. The summed E-state index contributed by atoms with van der Waals surface area (Å²) in [5.41, 5.74) is 6.12. The second-order valence-electron chi connectivity index (χ2n) is 6.18. The molecule has 0 aliphatic carbocycles. The number of carbonyl (C=O) groups is 2. The molecule has 4 N–H and O–H groups in total. The Bertz CT molecular complexity index is 772. The predicted octanol–water partition coefficient (Wildman–Crippen LogP) is 2.87. The van der Waals surface area contributed by atoms with Crippen molar-refractivity contribution in [3.63, 3.8) is 0 Å². The van der Waals surface area contributed by atoms with Crippen LogP contribution >= 0.6 is 0 Å². The highest BCUT2D eigenvalue weighted by molar-refractivity contribution is 5.96. The van der Waals surface area contributed by atoms with Crippen molar-refractivity contribution in [2.45, 2.75) is 39.3 Å². The van der Waals surface area contributed by atoms with Crippen LogP contribution in [0.3, 0.4) is 0 Å². The van der Waals surface area contributed by atoms with E-state index in [9.17, 15) is 14.0 Å². The molecule has 0 saturated heterocycles. The molecule has 1 aromatic carbocycles. The van der Waals surface area contributed by atoms with Crippen LogP contribution in [-0.4, -0.2) is 36.6 Å². The molecule has 158 valence electrons.